The molecule has 0 unspecified atom stereocenters. The van der Waals surface area contributed by atoms with E-state index in [-0.39, 0.29) is 5.75 Å². The van der Waals surface area contributed by atoms with Crippen molar-refractivity contribution in [1.29, 1.82) is 0 Å². The highest BCUT2D eigenvalue weighted by atomic mass is 16.5. The molecular weight excluding hydrogens is 252 g/mol. The molecule has 2 aromatic rings. The van der Waals surface area contributed by atoms with Crippen molar-refractivity contribution in [2.45, 2.75) is 26.4 Å². The van der Waals surface area contributed by atoms with Crippen LogP contribution in [0.5, 0.6) is 17.2 Å². The van der Waals surface area contributed by atoms with Crippen LogP contribution in [0.15, 0.2) is 48.5 Å². The second-order valence-electron chi connectivity index (χ2n) is 4.61. The summed E-state index contributed by atoms with van der Waals surface area (Å²) >= 11 is 0. The number of rotatable bonds is 7. The van der Waals surface area contributed by atoms with Crippen molar-refractivity contribution < 1.29 is 14.6 Å². The monoisotopic (exact) mass is 271 g/mol. The van der Waals surface area contributed by atoms with Gasteiger partial charge in [-0.25, -0.2) is 0 Å². The fourth-order valence-corrected chi connectivity index (χ4v) is 1.72. The predicted molar refractivity (Wildman–Crippen MR) is 77.8 cm³/mol. The number of ether oxygens (including phenoxy) is 2. The van der Waals surface area contributed by atoms with E-state index in [2.05, 4.69) is 6.92 Å². The molecule has 0 fully saturated rings. The SMILES string of the molecule is CCCCOc1ccc(COc2ccc([O])cc2)cc1. The van der Waals surface area contributed by atoms with Gasteiger partial charge in [0, 0.05) is 0 Å². The topological polar surface area (TPSA) is 38.4 Å². The van der Waals surface area contributed by atoms with Gasteiger partial charge in [-0.2, -0.15) is 0 Å². The molecule has 2 aromatic carbocycles. The summed E-state index contributed by atoms with van der Waals surface area (Å²) in [6, 6.07) is 14.3. The molecule has 2 rings (SSSR count). The molecule has 0 aliphatic heterocycles. The molecule has 3 nitrogen and oxygen atoms in total. The molecule has 0 aromatic heterocycles. The minimum Gasteiger partial charge on any atom is -0.494 e. The molecule has 0 aliphatic carbocycles. The Balaban J connectivity index is 1.82. The van der Waals surface area contributed by atoms with Gasteiger partial charge in [-0.3, -0.25) is 5.11 Å². The molecule has 0 spiro atoms. The number of hydrogen-bond acceptors (Lipinski definition) is 2. The third-order valence-electron chi connectivity index (χ3n) is 2.92. The van der Waals surface area contributed by atoms with E-state index in [1.165, 1.54) is 12.1 Å². The van der Waals surface area contributed by atoms with Crippen molar-refractivity contribution in [1.82, 2.24) is 0 Å². The summed E-state index contributed by atoms with van der Waals surface area (Å²) in [6.07, 6.45) is 2.20. The lowest BCUT2D eigenvalue weighted by Crippen LogP contribution is -1.98. The zero-order valence-corrected chi connectivity index (χ0v) is 11.7. The Hall–Kier alpha value is -2.16. The van der Waals surface area contributed by atoms with Gasteiger partial charge in [-0.1, -0.05) is 25.5 Å². The Morgan fingerprint density at radius 3 is 2.10 bits per heavy atom. The number of benzene rings is 2. The summed E-state index contributed by atoms with van der Waals surface area (Å²) in [4.78, 5) is 0. The Labute approximate surface area is 119 Å². The van der Waals surface area contributed by atoms with Crippen molar-refractivity contribution in [3.63, 3.8) is 0 Å². The first-order valence-electron chi connectivity index (χ1n) is 6.89. The third kappa shape index (κ3) is 4.50. The average molecular weight is 271 g/mol. The summed E-state index contributed by atoms with van der Waals surface area (Å²) in [5.41, 5.74) is 1.07. The molecular formula is C17H19O3. The Kier molecular flexibility index (Phi) is 5.30. The van der Waals surface area contributed by atoms with Crippen molar-refractivity contribution in [2.75, 3.05) is 6.61 Å². The van der Waals surface area contributed by atoms with E-state index in [0.29, 0.717) is 12.4 Å². The quantitative estimate of drug-likeness (QED) is 0.691. The minimum atomic E-state index is -0.00840. The maximum Gasteiger partial charge on any atom is 0.178 e. The van der Waals surface area contributed by atoms with E-state index in [1.54, 1.807) is 12.1 Å². The number of hydrogen-bond donors (Lipinski definition) is 0. The van der Waals surface area contributed by atoms with Crippen LogP contribution in [-0.4, -0.2) is 6.61 Å². The highest BCUT2D eigenvalue weighted by molar-refractivity contribution is 5.31. The molecule has 0 saturated heterocycles. The lowest BCUT2D eigenvalue weighted by atomic mass is 10.2. The first kappa shape index (κ1) is 14.3. The smallest absolute Gasteiger partial charge is 0.178 e. The van der Waals surface area contributed by atoms with Crippen LogP contribution < -0.4 is 9.47 Å². The van der Waals surface area contributed by atoms with Crippen LogP contribution in [-0.2, 0) is 11.7 Å². The van der Waals surface area contributed by atoms with Crippen LogP contribution >= 0.6 is 0 Å². The van der Waals surface area contributed by atoms with E-state index < -0.39 is 0 Å². The van der Waals surface area contributed by atoms with E-state index in [1.807, 2.05) is 24.3 Å². The molecule has 0 N–H and O–H groups in total. The summed E-state index contributed by atoms with van der Waals surface area (Å²) in [6.45, 7) is 3.38. The molecule has 105 valence electrons. The molecule has 3 heteroatoms. The largest absolute Gasteiger partial charge is 0.494 e. The van der Waals surface area contributed by atoms with Crippen molar-refractivity contribution in [2.24, 2.45) is 0 Å². The second kappa shape index (κ2) is 7.43. The molecule has 0 saturated carbocycles. The van der Waals surface area contributed by atoms with Gasteiger partial charge in [0.1, 0.15) is 18.1 Å². The lowest BCUT2D eigenvalue weighted by molar-refractivity contribution is 0.301. The Morgan fingerprint density at radius 2 is 1.45 bits per heavy atom. The Bertz CT molecular complexity index is 503. The predicted octanol–water partition coefficient (Wildman–Crippen LogP) is 4.59. The molecule has 0 amide bonds. The summed E-state index contributed by atoms with van der Waals surface area (Å²) in [5.74, 6) is 1.58. The molecule has 1 radical (unpaired) electrons. The van der Waals surface area contributed by atoms with Crippen LogP contribution in [0.4, 0.5) is 0 Å². The maximum atomic E-state index is 11.0. The van der Waals surface area contributed by atoms with E-state index >= 15 is 0 Å². The van der Waals surface area contributed by atoms with Crippen molar-refractivity contribution >= 4 is 0 Å². The van der Waals surface area contributed by atoms with E-state index in [0.717, 1.165) is 30.8 Å². The van der Waals surface area contributed by atoms with Gasteiger partial charge in [0.2, 0.25) is 0 Å². The van der Waals surface area contributed by atoms with Gasteiger partial charge in [0.25, 0.3) is 0 Å². The fourth-order valence-electron chi connectivity index (χ4n) is 1.72. The molecule has 0 atom stereocenters. The van der Waals surface area contributed by atoms with Crippen molar-refractivity contribution in [3.8, 4) is 17.2 Å². The van der Waals surface area contributed by atoms with Crippen LogP contribution in [0, 0.1) is 0 Å². The van der Waals surface area contributed by atoms with Gasteiger partial charge < -0.3 is 9.47 Å². The Morgan fingerprint density at radius 1 is 0.850 bits per heavy atom. The van der Waals surface area contributed by atoms with Gasteiger partial charge >= 0.3 is 0 Å². The zero-order chi connectivity index (χ0) is 14.2. The van der Waals surface area contributed by atoms with Crippen LogP contribution in [0.1, 0.15) is 25.3 Å². The highest BCUT2D eigenvalue weighted by Gasteiger charge is 1.98. The van der Waals surface area contributed by atoms with Crippen molar-refractivity contribution in [3.05, 3.63) is 54.1 Å². The van der Waals surface area contributed by atoms with Gasteiger partial charge in [0.15, 0.2) is 5.75 Å². The highest BCUT2D eigenvalue weighted by Crippen LogP contribution is 2.19. The normalized spacial score (nSPS) is 10.2. The first-order valence-corrected chi connectivity index (χ1v) is 6.89. The maximum absolute atomic E-state index is 11.0. The molecule has 0 bridgehead atoms. The van der Waals surface area contributed by atoms with Crippen LogP contribution in [0.25, 0.3) is 0 Å². The van der Waals surface area contributed by atoms with Gasteiger partial charge in [0.05, 0.1) is 6.61 Å². The van der Waals surface area contributed by atoms with Crippen LogP contribution in [0.3, 0.4) is 0 Å². The summed E-state index contributed by atoms with van der Waals surface area (Å²) < 4.78 is 11.2. The van der Waals surface area contributed by atoms with Gasteiger partial charge in [-0.15, -0.1) is 0 Å². The minimum absolute atomic E-state index is 0.00840. The molecule has 20 heavy (non-hydrogen) atoms. The zero-order valence-electron chi connectivity index (χ0n) is 11.7. The molecule has 0 aliphatic rings. The average Bonchev–Trinajstić information content (AvgIpc) is 2.48. The molecule has 0 heterocycles. The van der Waals surface area contributed by atoms with Gasteiger partial charge in [-0.05, 0) is 48.4 Å². The van der Waals surface area contributed by atoms with Crippen LogP contribution in [0.2, 0.25) is 0 Å². The van der Waals surface area contributed by atoms with E-state index in [4.69, 9.17) is 9.47 Å². The fraction of sp³-hybridized carbons (Fsp3) is 0.294. The summed E-state index contributed by atoms with van der Waals surface area (Å²) in [7, 11) is 0. The standard InChI is InChI=1S/C17H19O3/c1-2-3-12-19-16-8-4-14(5-9-16)13-20-17-10-6-15(18)7-11-17/h4-11H,2-3,12-13H2,1H3. The third-order valence-corrected chi connectivity index (χ3v) is 2.92. The second-order valence-corrected chi connectivity index (χ2v) is 4.61. The van der Waals surface area contributed by atoms with E-state index in [9.17, 15) is 5.11 Å². The number of unbranched alkanes of at least 4 members (excludes halogenated alkanes) is 1. The summed E-state index contributed by atoms with van der Waals surface area (Å²) in [5, 5.41) is 11.0. The lowest BCUT2D eigenvalue weighted by Gasteiger charge is -2.08. The first-order chi connectivity index (χ1) is 9.78.